The van der Waals surface area contributed by atoms with E-state index >= 15 is 0 Å². The van der Waals surface area contributed by atoms with E-state index in [-0.39, 0.29) is 0 Å². The van der Waals surface area contributed by atoms with Crippen molar-refractivity contribution in [2.24, 2.45) is 5.73 Å². The molecule has 1 heterocycles. The second kappa shape index (κ2) is 3.21. The molecule has 1 aliphatic heterocycles. The maximum atomic E-state index is 11.0. The van der Waals surface area contributed by atoms with Crippen molar-refractivity contribution < 1.29 is 4.79 Å². The third kappa shape index (κ3) is 1.39. The van der Waals surface area contributed by atoms with Gasteiger partial charge in [0.1, 0.15) is 0 Å². The predicted molar refractivity (Wildman–Crippen MR) is 56.2 cm³/mol. The van der Waals surface area contributed by atoms with Crippen LogP contribution >= 0.6 is 0 Å². The third-order valence-corrected chi connectivity index (χ3v) is 2.52. The Bertz CT molecular complexity index is 372. The summed E-state index contributed by atoms with van der Waals surface area (Å²) in [5, 5.41) is 0. The van der Waals surface area contributed by atoms with Crippen molar-refractivity contribution in [1.82, 2.24) is 0 Å². The van der Waals surface area contributed by atoms with Gasteiger partial charge in [-0.3, -0.25) is 4.79 Å². The van der Waals surface area contributed by atoms with Crippen molar-refractivity contribution in [3.05, 3.63) is 23.8 Å². The summed E-state index contributed by atoms with van der Waals surface area (Å²) in [5.74, 6) is -0.468. The summed E-state index contributed by atoms with van der Waals surface area (Å²) in [4.78, 5) is 13.2. The van der Waals surface area contributed by atoms with Gasteiger partial charge in [-0.05, 0) is 24.6 Å². The second-order valence-electron chi connectivity index (χ2n) is 3.48. The summed E-state index contributed by atoms with van der Waals surface area (Å²) >= 11 is 0. The molecule has 1 aromatic rings. The monoisotopic (exact) mass is 191 g/mol. The number of hydrogen-bond donors (Lipinski definition) is 2. The van der Waals surface area contributed by atoms with E-state index in [2.05, 4.69) is 4.90 Å². The quantitative estimate of drug-likeness (QED) is 0.671. The van der Waals surface area contributed by atoms with Crippen LogP contribution in [-0.4, -0.2) is 19.0 Å². The van der Waals surface area contributed by atoms with Crippen LogP contribution < -0.4 is 16.4 Å². The van der Waals surface area contributed by atoms with Crippen molar-refractivity contribution in [2.45, 2.75) is 6.42 Å². The highest BCUT2D eigenvalue weighted by Crippen LogP contribution is 2.24. The Balaban J connectivity index is 2.34. The number of carbonyl (C=O) groups excluding carboxylic acids is 1. The van der Waals surface area contributed by atoms with Gasteiger partial charge < -0.3 is 16.4 Å². The highest BCUT2D eigenvalue weighted by Gasteiger charge is 2.16. The summed E-state index contributed by atoms with van der Waals surface area (Å²) in [7, 11) is 0. The van der Waals surface area contributed by atoms with E-state index in [1.165, 1.54) is 6.42 Å². The standard InChI is InChI=1S/C10H13N3O/c11-9-3-2-7(13-4-1-5-13)6-8(9)10(12)14/h2-3,6H,1,4-5,11H2,(H2,12,14). The molecule has 0 spiro atoms. The molecule has 2 rings (SSSR count). The van der Waals surface area contributed by atoms with E-state index in [1.54, 1.807) is 12.1 Å². The van der Waals surface area contributed by atoms with Crippen molar-refractivity contribution in [2.75, 3.05) is 23.7 Å². The van der Waals surface area contributed by atoms with Gasteiger partial charge in [0.2, 0.25) is 0 Å². The molecule has 0 saturated carbocycles. The molecular formula is C10H13N3O. The number of amides is 1. The molecule has 1 fully saturated rings. The molecule has 0 aromatic heterocycles. The average molecular weight is 191 g/mol. The van der Waals surface area contributed by atoms with Crippen LogP contribution in [-0.2, 0) is 0 Å². The lowest BCUT2D eigenvalue weighted by Crippen LogP contribution is -2.37. The zero-order valence-electron chi connectivity index (χ0n) is 7.86. The summed E-state index contributed by atoms with van der Waals surface area (Å²) in [5.41, 5.74) is 12.7. The number of benzene rings is 1. The first-order valence-corrected chi connectivity index (χ1v) is 4.63. The molecule has 0 radical (unpaired) electrons. The van der Waals surface area contributed by atoms with Gasteiger partial charge in [0.25, 0.3) is 5.91 Å². The smallest absolute Gasteiger partial charge is 0.250 e. The lowest BCUT2D eigenvalue weighted by molar-refractivity contribution is 0.100. The molecule has 1 aromatic carbocycles. The number of nitrogens with zero attached hydrogens (tertiary/aromatic N) is 1. The van der Waals surface area contributed by atoms with Crippen LogP contribution in [0, 0.1) is 0 Å². The Morgan fingerprint density at radius 3 is 2.57 bits per heavy atom. The minimum atomic E-state index is -0.468. The van der Waals surface area contributed by atoms with Gasteiger partial charge >= 0.3 is 0 Å². The molecule has 14 heavy (non-hydrogen) atoms. The van der Waals surface area contributed by atoms with Crippen LogP contribution in [0.3, 0.4) is 0 Å². The Morgan fingerprint density at radius 1 is 1.36 bits per heavy atom. The summed E-state index contributed by atoms with van der Waals surface area (Å²) in [6.45, 7) is 2.09. The second-order valence-corrected chi connectivity index (χ2v) is 3.48. The zero-order chi connectivity index (χ0) is 10.1. The highest BCUT2D eigenvalue weighted by molar-refractivity contribution is 5.99. The van der Waals surface area contributed by atoms with E-state index in [1.807, 2.05) is 6.07 Å². The normalized spacial score (nSPS) is 15.0. The Kier molecular flexibility index (Phi) is 2.04. The Morgan fingerprint density at radius 2 is 2.07 bits per heavy atom. The number of rotatable bonds is 2. The van der Waals surface area contributed by atoms with Gasteiger partial charge in [0.05, 0.1) is 5.56 Å². The van der Waals surface area contributed by atoms with Gasteiger partial charge in [-0.25, -0.2) is 0 Å². The summed E-state index contributed by atoms with van der Waals surface area (Å²) in [6.07, 6.45) is 1.20. The van der Waals surface area contributed by atoms with Gasteiger partial charge in [0, 0.05) is 24.5 Å². The first kappa shape index (κ1) is 8.87. The SMILES string of the molecule is NC(=O)c1cc(N2CCC2)ccc1N. The Hall–Kier alpha value is -1.71. The van der Waals surface area contributed by atoms with Gasteiger partial charge in [-0.1, -0.05) is 0 Å². The molecule has 0 atom stereocenters. The van der Waals surface area contributed by atoms with E-state index in [0.29, 0.717) is 11.3 Å². The van der Waals surface area contributed by atoms with Crippen LogP contribution in [0.15, 0.2) is 18.2 Å². The van der Waals surface area contributed by atoms with Crippen LogP contribution in [0.1, 0.15) is 16.8 Å². The van der Waals surface area contributed by atoms with E-state index in [4.69, 9.17) is 11.5 Å². The van der Waals surface area contributed by atoms with Crippen LogP contribution in [0.2, 0.25) is 0 Å². The number of anilines is 2. The molecule has 4 heteroatoms. The molecule has 0 aliphatic carbocycles. The maximum Gasteiger partial charge on any atom is 0.250 e. The summed E-state index contributed by atoms with van der Waals surface area (Å²) < 4.78 is 0. The maximum absolute atomic E-state index is 11.0. The van der Waals surface area contributed by atoms with Gasteiger partial charge in [0.15, 0.2) is 0 Å². The fourth-order valence-electron chi connectivity index (χ4n) is 1.53. The fourth-order valence-corrected chi connectivity index (χ4v) is 1.53. The van der Waals surface area contributed by atoms with Crippen molar-refractivity contribution >= 4 is 17.3 Å². The third-order valence-electron chi connectivity index (χ3n) is 2.52. The van der Waals surface area contributed by atoms with E-state index in [0.717, 1.165) is 18.8 Å². The molecule has 0 unspecified atom stereocenters. The summed E-state index contributed by atoms with van der Waals surface area (Å²) in [6, 6.07) is 5.41. The van der Waals surface area contributed by atoms with Crippen molar-refractivity contribution in [3.8, 4) is 0 Å². The van der Waals surface area contributed by atoms with Crippen molar-refractivity contribution in [3.63, 3.8) is 0 Å². The fraction of sp³-hybridized carbons (Fsp3) is 0.300. The lowest BCUT2D eigenvalue weighted by Gasteiger charge is -2.33. The molecule has 1 saturated heterocycles. The first-order chi connectivity index (χ1) is 6.68. The van der Waals surface area contributed by atoms with Gasteiger partial charge in [-0.2, -0.15) is 0 Å². The lowest BCUT2D eigenvalue weighted by atomic mass is 10.1. The first-order valence-electron chi connectivity index (χ1n) is 4.63. The molecule has 4 nitrogen and oxygen atoms in total. The molecule has 4 N–H and O–H groups in total. The minimum Gasteiger partial charge on any atom is -0.398 e. The molecule has 1 amide bonds. The molecule has 0 bridgehead atoms. The molecule has 1 aliphatic rings. The molecular weight excluding hydrogens is 178 g/mol. The number of nitrogen functional groups attached to an aromatic ring is 1. The van der Waals surface area contributed by atoms with Crippen LogP contribution in [0.5, 0.6) is 0 Å². The molecule has 74 valence electrons. The highest BCUT2D eigenvalue weighted by atomic mass is 16.1. The van der Waals surface area contributed by atoms with Crippen LogP contribution in [0.4, 0.5) is 11.4 Å². The largest absolute Gasteiger partial charge is 0.398 e. The zero-order valence-corrected chi connectivity index (χ0v) is 7.86. The topological polar surface area (TPSA) is 72.4 Å². The number of hydrogen-bond acceptors (Lipinski definition) is 3. The Labute approximate surface area is 82.5 Å². The van der Waals surface area contributed by atoms with E-state index in [9.17, 15) is 4.79 Å². The van der Waals surface area contributed by atoms with Gasteiger partial charge in [-0.15, -0.1) is 0 Å². The number of nitrogens with two attached hydrogens (primary N) is 2. The van der Waals surface area contributed by atoms with Crippen molar-refractivity contribution in [1.29, 1.82) is 0 Å². The van der Waals surface area contributed by atoms with E-state index < -0.39 is 5.91 Å². The van der Waals surface area contributed by atoms with Crippen LogP contribution in [0.25, 0.3) is 0 Å². The number of carbonyl (C=O) groups is 1. The average Bonchev–Trinajstić information content (AvgIpc) is 2.04. The minimum absolute atomic E-state index is 0.411. The number of primary amides is 1. The predicted octanol–water partition coefficient (Wildman–Crippen LogP) is 0.578.